The lowest BCUT2D eigenvalue weighted by Crippen LogP contribution is -2.35. The Hall–Kier alpha value is -4.30. The molecular weight excluding hydrogens is 508 g/mol. The third-order valence-electron chi connectivity index (χ3n) is 6.67. The summed E-state index contributed by atoms with van der Waals surface area (Å²) >= 11 is 0. The molecule has 0 bridgehead atoms. The molecule has 1 fully saturated rings. The zero-order chi connectivity index (χ0) is 28.6. The highest BCUT2D eigenvalue weighted by molar-refractivity contribution is 6.46. The number of nitrogens with zero attached hydrogens (tertiary/aromatic N) is 2. The maximum absolute atomic E-state index is 13.2. The molecule has 1 amide bonds. The van der Waals surface area contributed by atoms with E-state index in [2.05, 4.69) is 0 Å². The molecule has 210 valence electrons. The van der Waals surface area contributed by atoms with Gasteiger partial charge in [0, 0.05) is 18.7 Å². The van der Waals surface area contributed by atoms with E-state index in [1.165, 1.54) is 4.90 Å². The third kappa shape index (κ3) is 6.63. The fourth-order valence-electron chi connectivity index (χ4n) is 4.57. The summed E-state index contributed by atoms with van der Waals surface area (Å²) in [6.07, 6.45) is 0. The quantitative estimate of drug-likeness (QED) is 0.151. The van der Waals surface area contributed by atoms with Crippen LogP contribution in [0.3, 0.4) is 0 Å². The van der Waals surface area contributed by atoms with Gasteiger partial charge in [-0.15, -0.1) is 0 Å². The average Bonchev–Trinajstić information content (AvgIpc) is 3.20. The number of hydrogen-bond donors (Lipinski definition) is 1. The van der Waals surface area contributed by atoms with Crippen LogP contribution >= 0.6 is 0 Å². The molecule has 0 aromatic heterocycles. The molecule has 8 nitrogen and oxygen atoms in total. The van der Waals surface area contributed by atoms with Crippen molar-refractivity contribution >= 4 is 17.4 Å². The largest absolute Gasteiger partial charge is 0.507 e. The first kappa shape index (κ1) is 28.7. The lowest BCUT2D eigenvalue weighted by atomic mass is 9.95. The van der Waals surface area contributed by atoms with Crippen molar-refractivity contribution in [2.75, 3.05) is 47.0 Å². The molecule has 8 heteroatoms. The van der Waals surface area contributed by atoms with Crippen molar-refractivity contribution in [1.29, 1.82) is 0 Å². The van der Waals surface area contributed by atoms with Gasteiger partial charge in [0.15, 0.2) is 0 Å². The van der Waals surface area contributed by atoms with Crippen LogP contribution in [0.2, 0.25) is 0 Å². The molecule has 0 spiro atoms. The number of carbonyl (C=O) groups is 2. The molecule has 1 aliphatic heterocycles. The lowest BCUT2D eigenvalue weighted by Gasteiger charge is -2.26. The van der Waals surface area contributed by atoms with Gasteiger partial charge in [-0.3, -0.25) is 9.59 Å². The summed E-state index contributed by atoms with van der Waals surface area (Å²) in [7, 11) is 3.81. The minimum atomic E-state index is -0.732. The van der Waals surface area contributed by atoms with Crippen LogP contribution in [0.1, 0.15) is 29.7 Å². The topological polar surface area (TPSA) is 88.5 Å². The van der Waals surface area contributed by atoms with Gasteiger partial charge in [-0.25, -0.2) is 0 Å². The van der Waals surface area contributed by atoms with Crippen LogP contribution < -0.4 is 14.2 Å². The number of hydrogen-bond acceptors (Lipinski definition) is 7. The van der Waals surface area contributed by atoms with E-state index < -0.39 is 17.7 Å². The molecule has 4 rings (SSSR count). The molecular formula is C32H36N2O6. The van der Waals surface area contributed by atoms with Crippen LogP contribution in [0, 0.1) is 6.92 Å². The zero-order valence-electron chi connectivity index (χ0n) is 23.4. The van der Waals surface area contributed by atoms with Crippen LogP contribution in [0.4, 0.5) is 0 Å². The molecule has 0 radical (unpaired) electrons. The van der Waals surface area contributed by atoms with Gasteiger partial charge < -0.3 is 29.1 Å². The monoisotopic (exact) mass is 544 g/mol. The fraction of sp³-hybridized carbons (Fsp3) is 0.312. The summed E-state index contributed by atoms with van der Waals surface area (Å²) in [5.41, 5.74) is 2.26. The molecule has 1 saturated heterocycles. The van der Waals surface area contributed by atoms with Crippen LogP contribution in [0.5, 0.6) is 17.2 Å². The second kappa shape index (κ2) is 13.2. The van der Waals surface area contributed by atoms with Crippen molar-refractivity contribution in [3.63, 3.8) is 0 Å². The number of aliphatic hydroxyl groups is 1. The van der Waals surface area contributed by atoms with E-state index in [0.717, 1.165) is 11.3 Å². The number of amides is 1. The van der Waals surface area contributed by atoms with E-state index >= 15 is 0 Å². The summed E-state index contributed by atoms with van der Waals surface area (Å²) in [5, 5.41) is 11.3. The highest BCUT2D eigenvalue weighted by Crippen LogP contribution is 2.39. The smallest absolute Gasteiger partial charge is 0.295 e. The molecule has 1 heterocycles. The van der Waals surface area contributed by atoms with Crippen LogP contribution in [-0.4, -0.2) is 73.6 Å². The number of carbonyl (C=O) groups excluding carboxylic acids is 2. The van der Waals surface area contributed by atoms with Crippen molar-refractivity contribution < 1.29 is 28.9 Å². The zero-order valence-corrected chi connectivity index (χ0v) is 23.4. The number of aryl methyl sites for hydroxylation is 1. The molecule has 3 aromatic rings. The van der Waals surface area contributed by atoms with Crippen molar-refractivity contribution in [2.24, 2.45) is 0 Å². The summed E-state index contributed by atoms with van der Waals surface area (Å²) in [4.78, 5) is 29.8. The van der Waals surface area contributed by atoms with E-state index in [0.29, 0.717) is 55.5 Å². The van der Waals surface area contributed by atoms with Crippen molar-refractivity contribution in [2.45, 2.75) is 19.9 Å². The predicted octanol–water partition coefficient (Wildman–Crippen LogP) is 4.83. The summed E-state index contributed by atoms with van der Waals surface area (Å²) in [5.74, 6) is 0.557. The molecule has 1 atom stereocenters. The Morgan fingerprint density at radius 2 is 1.50 bits per heavy atom. The van der Waals surface area contributed by atoms with E-state index in [1.54, 1.807) is 36.4 Å². The Morgan fingerprint density at radius 1 is 0.875 bits per heavy atom. The number of likely N-dealkylation sites (N-methyl/N-ethyl adjacent to an activating group) is 1. The van der Waals surface area contributed by atoms with Gasteiger partial charge >= 0.3 is 0 Å². The normalized spacial score (nSPS) is 16.4. The molecule has 40 heavy (non-hydrogen) atoms. The SMILES string of the molecule is CCOc1ccc(C(O)=C2C(=O)C(=O)N(CCN(C)C)[C@H]2c2ccc(OCCOc3ccccc3C)cc2)cc1. The second-order valence-corrected chi connectivity index (χ2v) is 9.78. The number of Topliss-reactive ketones (excluding diaryl/α,β-unsaturated/α-hetero) is 1. The molecule has 0 aliphatic carbocycles. The molecule has 0 unspecified atom stereocenters. The Bertz CT molecular complexity index is 1350. The van der Waals surface area contributed by atoms with Gasteiger partial charge in [-0.05, 0) is 81.5 Å². The highest BCUT2D eigenvalue weighted by Gasteiger charge is 2.45. The maximum atomic E-state index is 13.2. The van der Waals surface area contributed by atoms with Crippen LogP contribution in [-0.2, 0) is 9.59 Å². The maximum Gasteiger partial charge on any atom is 0.295 e. The number of ketones is 1. The minimum absolute atomic E-state index is 0.0632. The fourth-order valence-corrected chi connectivity index (χ4v) is 4.57. The molecule has 1 aliphatic rings. The Labute approximate surface area is 235 Å². The van der Waals surface area contributed by atoms with Crippen molar-refractivity contribution in [3.05, 3.63) is 95.1 Å². The van der Waals surface area contributed by atoms with Crippen molar-refractivity contribution in [1.82, 2.24) is 9.80 Å². The predicted molar refractivity (Wildman–Crippen MR) is 154 cm³/mol. The second-order valence-electron chi connectivity index (χ2n) is 9.78. The first-order valence-electron chi connectivity index (χ1n) is 13.4. The molecule has 3 aromatic carbocycles. The summed E-state index contributed by atoms with van der Waals surface area (Å²) in [6, 6.07) is 21.1. The number of rotatable bonds is 12. The Balaban J connectivity index is 1.56. The molecule has 0 saturated carbocycles. The van der Waals surface area contributed by atoms with Crippen LogP contribution in [0.25, 0.3) is 5.76 Å². The lowest BCUT2D eigenvalue weighted by molar-refractivity contribution is -0.140. The number of aliphatic hydroxyl groups excluding tert-OH is 1. The van der Waals surface area contributed by atoms with Gasteiger partial charge in [0.2, 0.25) is 0 Å². The van der Waals surface area contributed by atoms with E-state index in [-0.39, 0.29) is 11.3 Å². The Kier molecular flexibility index (Phi) is 9.45. The minimum Gasteiger partial charge on any atom is -0.507 e. The standard InChI is InChI=1S/C32H36N2O6/c1-5-38-25-16-12-24(13-17-25)30(35)28-29(34(19-18-33(3)4)32(37)31(28)36)23-10-14-26(15-11-23)39-20-21-40-27-9-7-6-8-22(27)2/h6-17,29,35H,5,18-21H2,1-4H3/t29-/m0/s1. The van der Waals surface area contributed by atoms with Gasteiger partial charge in [0.1, 0.15) is 36.2 Å². The van der Waals surface area contributed by atoms with E-state index in [1.807, 2.05) is 69.2 Å². The first-order chi connectivity index (χ1) is 19.3. The number of likely N-dealkylation sites (tertiary alicyclic amines) is 1. The van der Waals surface area contributed by atoms with Gasteiger partial charge in [-0.2, -0.15) is 0 Å². The van der Waals surface area contributed by atoms with E-state index in [4.69, 9.17) is 14.2 Å². The first-order valence-corrected chi connectivity index (χ1v) is 13.4. The summed E-state index contributed by atoms with van der Waals surface area (Å²) < 4.78 is 17.1. The summed E-state index contributed by atoms with van der Waals surface area (Å²) in [6.45, 7) is 6.03. The third-order valence-corrected chi connectivity index (χ3v) is 6.67. The number of para-hydroxylation sites is 1. The van der Waals surface area contributed by atoms with Gasteiger partial charge in [0.05, 0.1) is 18.2 Å². The Morgan fingerprint density at radius 3 is 2.15 bits per heavy atom. The van der Waals surface area contributed by atoms with Crippen LogP contribution in [0.15, 0.2) is 78.4 Å². The van der Waals surface area contributed by atoms with Crippen molar-refractivity contribution in [3.8, 4) is 17.2 Å². The number of ether oxygens (including phenoxy) is 3. The van der Waals surface area contributed by atoms with Gasteiger partial charge in [-0.1, -0.05) is 30.3 Å². The average molecular weight is 545 g/mol. The van der Waals surface area contributed by atoms with Gasteiger partial charge in [0.25, 0.3) is 11.7 Å². The molecule has 1 N–H and O–H groups in total. The highest BCUT2D eigenvalue weighted by atomic mass is 16.5. The van der Waals surface area contributed by atoms with E-state index in [9.17, 15) is 14.7 Å². The number of benzene rings is 3.